The third-order valence-corrected chi connectivity index (χ3v) is 12.0. The molecule has 55 heavy (non-hydrogen) atoms. The van der Waals surface area contributed by atoms with E-state index in [9.17, 15) is 0 Å². The van der Waals surface area contributed by atoms with Crippen molar-refractivity contribution in [3.63, 3.8) is 0 Å². The Kier molecular flexibility index (Phi) is 11.9. The van der Waals surface area contributed by atoms with Crippen LogP contribution in [0.15, 0.2) is 144 Å². The van der Waals surface area contributed by atoms with Crippen LogP contribution in [-0.4, -0.2) is 18.0 Å². The van der Waals surface area contributed by atoms with Crippen molar-refractivity contribution in [1.82, 2.24) is 9.97 Å². The molecule has 0 aliphatic rings. The number of fused-ring (bicyclic) bond motifs is 3. The Morgan fingerprint density at radius 3 is 1.96 bits per heavy atom. The monoisotopic (exact) mass is 913 g/mol. The Morgan fingerprint density at radius 1 is 0.636 bits per heavy atom. The zero-order valence-corrected chi connectivity index (χ0v) is 36.4. The average Bonchev–Trinajstić information content (AvgIpc) is 3.57. The third-order valence-electron chi connectivity index (χ3n) is 9.96. The van der Waals surface area contributed by atoms with E-state index in [0.717, 1.165) is 66.7 Å². The second-order valence-electron chi connectivity index (χ2n) is 16.3. The normalized spacial score (nSPS) is 11.7. The van der Waals surface area contributed by atoms with Gasteiger partial charge in [0.25, 0.3) is 0 Å². The number of benzene rings is 5. The van der Waals surface area contributed by atoms with Gasteiger partial charge in [0.05, 0.1) is 13.7 Å². The zero-order valence-electron chi connectivity index (χ0n) is 33.0. The third kappa shape index (κ3) is 8.65. The smallest absolute Gasteiger partial charge is 0.128 e. The summed E-state index contributed by atoms with van der Waals surface area (Å²) >= 11 is 0. The Bertz CT molecular complexity index is 2530. The van der Waals surface area contributed by atoms with Crippen LogP contribution in [0.4, 0.5) is 0 Å². The summed E-state index contributed by atoms with van der Waals surface area (Å²) < 4.78 is 6.67. The molecule has 0 N–H and O–H groups in total. The molecule has 5 heteroatoms. The maximum absolute atomic E-state index is 6.67. The summed E-state index contributed by atoms with van der Waals surface area (Å²) in [5, 5.41) is 3.69. The van der Waals surface area contributed by atoms with Crippen LogP contribution in [0.25, 0.3) is 66.7 Å². The Balaban J connectivity index is 0.000000219. The largest absolute Gasteiger partial charge is 0.500 e. The first-order valence-corrected chi connectivity index (χ1v) is 22.3. The number of nitrogens with zero attached hydrogens (tertiary/aromatic N) is 2. The molecule has 0 bridgehead atoms. The van der Waals surface area contributed by atoms with E-state index in [-0.39, 0.29) is 25.5 Å². The predicted octanol–water partition coefficient (Wildman–Crippen LogP) is 13.3. The standard InChI is InChI=1S/C33H26NO.C17H22NSi.Ir/c1-33(2,3)25-20-28(23-13-8-5-9-14-23)32-29(21-25)26-15-10-16-27(31(26)35-32)30-19-24(17-18-34-30)22-11-6-4-7-12-22;1-13(2)15-11-16(14-9-7-6-8-10-14)18-12-17(15)19(3,4)5;/h4-15,17-21H,1-3H3;6-9,11-13H,1-5H3;/q2*-1;. The van der Waals surface area contributed by atoms with Crippen LogP contribution in [0.3, 0.4) is 0 Å². The van der Waals surface area contributed by atoms with Gasteiger partial charge in [0.2, 0.25) is 0 Å². The second-order valence-corrected chi connectivity index (χ2v) is 21.4. The fourth-order valence-electron chi connectivity index (χ4n) is 6.95. The molecule has 3 aromatic heterocycles. The van der Waals surface area contributed by atoms with E-state index in [2.05, 4.69) is 163 Å². The summed E-state index contributed by atoms with van der Waals surface area (Å²) in [7, 11) is -1.34. The molecule has 0 amide bonds. The summed E-state index contributed by atoms with van der Waals surface area (Å²) in [4.78, 5) is 9.36. The number of furan rings is 1. The molecule has 0 unspecified atom stereocenters. The topological polar surface area (TPSA) is 38.9 Å². The van der Waals surface area contributed by atoms with Gasteiger partial charge in [-0.25, -0.2) is 0 Å². The van der Waals surface area contributed by atoms with Crippen molar-refractivity contribution in [2.45, 2.75) is 65.6 Å². The van der Waals surface area contributed by atoms with Crippen molar-refractivity contribution >= 4 is 35.2 Å². The second kappa shape index (κ2) is 16.4. The molecule has 279 valence electrons. The quantitative estimate of drug-likeness (QED) is 0.123. The van der Waals surface area contributed by atoms with E-state index in [0.29, 0.717) is 5.92 Å². The van der Waals surface area contributed by atoms with Gasteiger partial charge in [-0.3, -0.25) is 0 Å². The SMILES string of the molecule is CC(C)(C)c1cc(-c2ccccc2)c2oc3c(-c4cc(-c5ccccc5)ccn4)[c-]ccc3c2c1.CC(C)c1cc(-c2[c-]cccc2)ncc1[Si](C)(C)C.[Ir]. The molecular formula is C50H48IrN2OSi-2. The number of rotatable bonds is 6. The predicted molar refractivity (Wildman–Crippen MR) is 231 cm³/mol. The average molecular weight is 913 g/mol. The molecule has 0 saturated carbocycles. The summed E-state index contributed by atoms with van der Waals surface area (Å²) in [5.74, 6) is 0.534. The fraction of sp³-hybridized carbons (Fsp3) is 0.200. The van der Waals surface area contributed by atoms with Gasteiger partial charge in [-0.2, -0.15) is 0 Å². The van der Waals surface area contributed by atoms with Gasteiger partial charge in [0.1, 0.15) is 5.58 Å². The van der Waals surface area contributed by atoms with Gasteiger partial charge < -0.3 is 14.4 Å². The van der Waals surface area contributed by atoms with Crippen molar-refractivity contribution < 1.29 is 24.5 Å². The van der Waals surface area contributed by atoms with Crippen molar-refractivity contribution in [2.24, 2.45) is 0 Å². The molecule has 0 aliphatic carbocycles. The first-order valence-electron chi connectivity index (χ1n) is 18.8. The molecule has 0 fully saturated rings. The van der Waals surface area contributed by atoms with Crippen LogP contribution >= 0.6 is 0 Å². The molecule has 8 rings (SSSR count). The van der Waals surface area contributed by atoms with Crippen LogP contribution in [0.2, 0.25) is 19.6 Å². The van der Waals surface area contributed by atoms with Gasteiger partial charge in [0.15, 0.2) is 0 Å². The molecule has 3 nitrogen and oxygen atoms in total. The number of aromatic nitrogens is 2. The molecular weight excluding hydrogens is 865 g/mol. The Hall–Kier alpha value is -4.93. The van der Waals surface area contributed by atoms with Gasteiger partial charge in [-0.1, -0.05) is 144 Å². The van der Waals surface area contributed by atoms with E-state index in [4.69, 9.17) is 9.40 Å². The Labute approximate surface area is 341 Å². The first-order chi connectivity index (χ1) is 25.9. The zero-order chi connectivity index (χ0) is 38.0. The first kappa shape index (κ1) is 39.8. The summed E-state index contributed by atoms with van der Waals surface area (Å²) in [6, 6.07) is 50.6. The molecule has 0 saturated heterocycles. The van der Waals surface area contributed by atoms with Gasteiger partial charge in [0, 0.05) is 43.4 Å². The van der Waals surface area contributed by atoms with Gasteiger partial charge >= 0.3 is 0 Å². The minimum atomic E-state index is -1.34. The molecule has 0 atom stereocenters. The van der Waals surface area contributed by atoms with Crippen LogP contribution in [0.5, 0.6) is 0 Å². The van der Waals surface area contributed by atoms with Crippen molar-refractivity contribution in [2.75, 3.05) is 0 Å². The summed E-state index contributed by atoms with van der Waals surface area (Å²) in [6.45, 7) is 18.4. The van der Waals surface area contributed by atoms with Crippen LogP contribution < -0.4 is 5.19 Å². The van der Waals surface area contributed by atoms with E-state index < -0.39 is 8.07 Å². The molecule has 3 heterocycles. The number of pyridine rings is 2. The van der Waals surface area contributed by atoms with E-state index in [1.54, 1.807) is 0 Å². The van der Waals surface area contributed by atoms with Crippen molar-refractivity contribution in [3.8, 4) is 44.8 Å². The van der Waals surface area contributed by atoms with E-state index >= 15 is 0 Å². The molecule has 8 aromatic rings. The molecule has 0 aliphatic heterocycles. The van der Waals surface area contributed by atoms with E-state index in [1.807, 2.05) is 48.7 Å². The minimum Gasteiger partial charge on any atom is -0.500 e. The number of hydrogen-bond donors (Lipinski definition) is 0. The van der Waals surface area contributed by atoms with Crippen LogP contribution in [0, 0.1) is 12.1 Å². The summed E-state index contributed by atoms with van der Waals surface area (Å²) in [6.07, 6.45) is 3.96. The van der Waals surface area contributed by atoms with Gasteiger partial charge in [-0.15, -0.1) is 54.1 Å². The van der Waals surface area contributed by atoms with Crippen molar-refractivity contribution in [1.29, 1.82) is 0 Å². The fourth-order valence-corrected chi connectivity index (χ4v) is 8.63. The van der Waals surface area contributed by atoms with Crippen molar-refractivity contribution in [3.05, 3.63) is 163 Å². The maximum atomic E-state index is 6.67. The van der Waals surface area contributed by atoms with Gasteiger partial charge in [-0.05, 0) is 68.4 Å². The summed E-state index contributed by atoms with van der Waals surface area (Å²) in [5.41, 5.74) is 12.9. The molecule has 1 radical (unpaired) electrons. The Morgan fingerprint density at radius 2 is 1.33 bits per heavy atom. The maximum Gasteiger partial charge on any atom is 0.128 e. The van der Waals surface area contributed by atoms with Crippen LogP contribution in [-0.2, 0) is 25.5 Å². The minimum absolute atomic E-state index is 0. The molecule has 0 spiro atoms. The van der Waals surface area contributed by atoms with Crippen LogP contribution in [0.1, 0.15) is 51.7 Å². The van der Waals surface area contributed by atoms with E-state index in [1.165, 1.54) is 16.3 Å². The molecule has 5 aromatic carbocycles. The number of hydrogen-bond acceptors (Lipinski definition) is 3.